The molecular formula is C26H27FN4O4S. The van der Waals surface area contributed by atoms with Crippen molar-refractivity contribution in [1.82, 2.24) is 19.8 Å². The van der Waals surface area contributed by atoms with E-state index >= 15 is 0 Å². The number of fused-ring (bicyclic) bond motifs is 2. The molecule has 1 amide bonds. The van der Waals surface area contributed by atoms with Gasteiger partial charge in [-0.3, -0.25) is 9.78 Å². The van der Waals surface area contributed by atoms with E-state index in [9.17, 15) is 19.4 Å². The lowest BCUT2D eigenvalue weighted by Crippen LogP contribution is -2.46. The van der Waals surface area contributed by atoms with Gasteiger partial charge in [0.25, 0.3) is 0 Å². The summed E-state index contributed by atoms with van der Waals surface area (Å²) in [4.78, 5) is 18.9. The number of halogens is 1. The number of hydrogen-bond acceptors (Lipinski definition) is 7. The minimum atomic E-state index is -0.349. The van der Waals surface area contributed by atoms with Crippen LogP contribution < -0.4 is 10.1 Å². The maximum Gasteiger partial charge on any atom is 0.223 e. The Kier molecular flexibility index (Phi) is 6.88. The second-order valence-electron chi connectivity index (χ2n) is 8.60. The molecule has 0 unspecified atom stereocenters. The van der Waals surface area contributed by atoms with Crippen LogP contribution in [0.3, 0.4) is 0 Å². The molecule has 0 aliphatic carbocycles. The summed E-state index contributed by atoms with van der Waals surface area (Å²) in [5, 5.41) is 27.7. The van der Waals surface area contributed by atoms with Crippen molar-refractivity contribution in [2.24, 2.45) is 0 Å². The van der Waals surface area contributed by atoms with E-state index in [2.05, 4.69) is 10.3 Å². The number of nitrogens with one attached hydrogen (secondary N) is 1. The van der Waals surface area contributed by atoms with Crippen molar-refractivity contribution in [2.75, 3.05) is 39.0 Å². The molecule has 2 aromatic heterocycles. The molecule has 0 radical (unpaired) electrons. The summed E-state index contributed by atoms with van der Waals surface area (Å²) >= 11 is 1.41. The number of benzene rings is 2. The smallest absolute Gasteiger partial charge is 0.223 e. The van der Waals surface area contributed by atoms with Crippen molar-refractivity contribution in [1.29, 1.82) is 0 Å². The summed E-state index contributed by atoms with van der Waals surface area (Å²) in [6, 6.07) is 9.59. The summed E-state index contributed by atoms with van der Waals surface area (Å²) in [5.41, 5.74) is 1.09. The van der Waals surface area contributed by atoms with Crippen LogP contribution in [0.2, 0.25) is 0 Å². The molecule has 36 heavy (non-hydrogen) atoms. The van der Waals surface area contributed by atoms with Crippen LogP contribution in [0.1, 0.15) is 12.0 Å². The molecule has 10 heteroatoms. The molecule has 188 valence electrons. The Balaban J connectivity index is 1.59. The Morgan fingerprint density at radius 2 is 1.92 bits per heavy atom. The summed E-state index contributed by atoms with van der Waals surface area (Å²) in [6.45, 7) is 3.19. The van der Waals surface area contributed by atoms with E-state index in [0.29, 0.717) is 52.3 Å². The average molecular weight is 511 g/mol. The lowest BCUT2D eigenvalue weighted by molar-refractivity contribution is -0.131. The van der Waals surface area contributed by atoms with Gasteiger partial charge in [-0.25, -0.2) is 4.39 Å². The molecule has 1 aliphatic rings. The van der Waals surface area contributed by atoms with Crippen LogP contribution in [-0.4, -0.2) is 69.6 Å². The van der Waals surface area contributed by atoms with Gasteiger partial charge in [0, 0.05) is 49.9 Å². The zero-order valence-electron chi connectivity index (χ0n) is 19.8. The van der Waals surface area contributed by atoms with Gasteiger partial charge in [0.05, 0.1) is 29.5 Å². The third-order valence-corrected chi connectivity index (χ3v) is 7.52. The average Bonchev–Trinajstić information content (AvgIpc) is 3.17. The van der Waals surface area contributed by atoms with E-state index in [4.69, 9.17) is 4.74 Å². The van der Waals surface area contributed by atoms with Gasteiger partial charge in [-0.1, -0.05) is 12.1 Å². The number of carbonyl (C=O) groups excluding carboxylic acids is 1. The van der Waals surface area contributed by atoms with Crippen LogP contribution in [0.5, 0.6) is 17.4 Å². The summed E-state index contributed by atoms with van der Waals surface area (Å²) in [7, 11) is 1.54. The lowest BCUT2D eigenvalue weighted by atomic mass is 10.1. The van der Waals surface area contributed by atoms with Crippen LogP contribution >= 0.6 is 11.8 Å². The normalized spacial score (nSPS) is 14.0. The zero-order valence-corrected chi connectivity index (χ0v) is 20.6. The first-order valence-corrected chi connectivity index (χ1v) is 12.7. The molecular weight excluding hydrogens is 483 g/mol. The first-order chi connectivity index (χ1) is 17.5. The number of piperazine rings is 1. The van der Waals surface area contributed by atoms with Gasteiger partial charge in [0.15, 0.2) is 5.75 Å². The number of pyridine rings is 1. The number of hydrogen-bond donors (Lipinski definition) is 3. The fourth-order valence-electron chi connectivity index (χ4n) is 4.64. The topological polar surface area (TPSA) is 99.8 Å². The summed E-state index contributed by atoms with van der Waals surface area (Å²) in [6.07, 6.45) is 1.90. The highest BCUT2D eigenvalue weighted by atomic mass is 32.2. The number of phenolic OH excluding ortho intramolecular Hbond substituents is 1. The van der Waals surface area contributed by atoms with Crippen molar-refractivity contribution in [2.45, 2.75) is 18.0 Å². The molecule has 4 aromatic rings. The summed E-state index contributed by atoms with van der Waals surface area (Å²) in [5.74, 6) is 0.399. The van der Waals surface area contributed by atoms with E-state index in [-0.39, 0.29) is 35.3 Å². The maximum absolute atomic E-state index is 13.5. The number of thioether (sulfide) groups is 1. The van der Waals surface area contributed by atoms with E-state index < -0.39 is 0 Å². The number of amides is 1. The first-order valence-electron chi connectivity index (χ1n) is 11.7. The molecule has 8 nitrogen and oxygen atoms in total. The molecule has 2 aromatic carbocycles. The Hall–Kier alpha value is -3.50. The van der Waals surface area contributed by atoms with E-state index in [1.54, 1.807) is 35.0 Å². The van der Waals surface area contributed by atoms with Gasteiger partial charge < -0.3 is 29.7 Å². The minimum absolute atomic E-state index is 0.0821. The van der Waals surface area contributed by atoms with Crippen molar-refractivity contribution >= 4 is 39.3 Å². The van der Waals surface area contributed by atoms with E-state index in [1.165, 1.54) is 31.0 Å². The van der Waals surface area contributed by atoms with Crippen LogP contribution in [0.4, 0.5) is 4.39 Å². The highest BCUT2D eigenvalue weighted by molar-refractivity contribution is 7.99. The Bertz CT molecular complexity index is 1420. The Morgan fingerprint density at radius 1 is 1.17 bits per heavy atom. The van der Waals surface area contributed by atoms with Crippen molar-refractivity contribution in [3.63, 3.8) is 0 Å². The van der Waals surface area contributed by atoms with Crippen LogP contribution in [0.15, 0.2) is 47.6 Å². The van der Waals surface area contributed by atoms with Gasteiger partial charge >= 0.3 is 0 Å². The molecule has 1 aliphatic heterocycles. The largest absolute Gasteiger partial charge is 0.505 e. The molecule has 1 fully saturated rings. The molecule has 0 bridgehead atoms. The standard InChI is InChI=1S/C26H27FN4O4S/c1-35-24-18-3-2-9-29-22(18)23(33)20-21(24)26(36-14-8-19(32)30-12-10-28-11-13-30)31(25(20)34)15-16-4-6-17(27)7-5-16/h2-7,9,28,33-34H,8,10-15H2,1H3. The third-order valence-electron chi connectivity index (χ3n) is 6.41. The fourth-order valence-corrected chi connectivity index (χ4v) is 5.75. The number of phenols is 1. The second-order valence-corrected chi connectivity index (χ2v) is 9.69. The van der Waals surface area contributed by atoms with Crippen molar-refractivity contribution in [3.8, 4) is 17.4 Å². The van der Waals surface area contributed by atoms with Crippen molar-refractivity contribution in [3.05, 3.63) is 54.0 Å². The van der Waals surface area contributed by atoms with Gasteiger partial charge in [-0.15, -0.1) is 11.8 Å². The number of aromatic nitrogens is 2. The highest BCUT2D eigenvalue weighted by Gasteiger charge is 2.27. The monoisotopic (exact) mass is 510 g/mol. The minimum Gasteiger partial charge on any atom is -0.505 e. The molecule has 0 spiro atoms. The second kappa shape index (κ2) is 10.2. The molecule has 0 atom stereocenters. The number of nitrogens with zero attached hydrogens (tertiary/aromatic N) is 3. The van der Waals surface area contributed by atoms with Crippen LogP contribution in [0, 0.1) is 5.82 Å². The number of aromatic hydroxyl groups is 2. The van der Waals surface area contributed by atoms with E-state index in [1.807, 2.05) is 4.90 Å². The number of methoxy groups -OCH3 is 1. The number of rotatable bonds is 7. The molecule has 0 saturated carbocycles. The maximum atomic E-state index is 13.5. The zero-order chi connectivity index (χ0) is 25.2. The van der Waals surface area contributed by atoms with Gasteiger partial charge in [-0.05, 0) is 29.8 Å². The first kappa shape index (κ1) is 24.2. The van der Waals surface area contributed by atoms with Crippen molar-refractivity contribution < 1.29 is 24.1 Å². The Labute approximate surface area is 211 Å². The van der Waals surface area contributed by atoms with Crippen LogP contribution in [0.25, 0.3) is 21.7 Å². The SMILES string of the molecule is COc1c2cccnc2c(O)c2c(O)n(Cc3ccc(F)cc3)c(SCCC(=O)N3CCNCC3)c12. The van der Waals surface area contributed by atoms with E-state index in [0.717, 1.165) is 18.7 Å². The Morgan fingerprint density at radius 3 is 2.64 bits per heavy atom. The van der Waals surface area contributed by atoms with Gasteiger partial charge in [0.2, 0.25) is 11.8 Å². The predicted octanol–water partition coefficient (Wildman–Crippen LogP) is 3.71. The third kappa shape index (κ3) is 4.42. The summed E-state index contributed by atoms with van der Waals surface area (Å²) < 4.78 is 20.9. The number of ether oxygens (including phenoxy) is 1. The molecule has 1 saturated heterocycles. The van der Waals surface area contributed by atoms with Crippen LogP contribution in [-0.2, 0) is 11.3 Å². The van der Waals surface area contributed by atoms with Gasteiger partial charge in [-0.2, -0.15) is 0 Å². The number of carbonyl (C=O) groups is 1. The van der Waals surface area contributed by atoms with Gasteiger partial charge in [0.1, 0.15) is 17.1 Å². The fraction of sp³-hybridized carbons (Fsp3) is 0.308. The quantitative estimate of drug-likeness (QED) is 0.326. The highest BCUT2D eigenvalue weighted by Crippen LogP contribution is 2.50. The molecule has 5 rings (SSSR count). The predicted molar refractivity (Wildman–Crippen MR) is 137 cm³/mol. The molecule has 3 heterocycles. The molecule has 3 N–H and O–H groups in total. The lowest BCUT2D eigenvalue weighted by Gasteiger charge is -2.27.